The Morgan fingerprint density at radius 1 is 1.40 bits per heavy atom. The SMILES string of the molecule is CCO/C(C)=C\OCC1CC2C=CC1C2. The zero-order valence-electron chi connectivity index (χ0n) is 9.61. The van der Waals surface area contributed by atoms with Gasteiger partial charge in [0.05, 0.1) is 13.2 Å². The average molecular weight is 208 g/mol. The molecule has 0 saturated heterocycles. The molecule has 2 aliphatic rings. The van der Waals surface area contributed by atoms with Gasteiger partial charge in [0.15, 0.2) is 0 Å². The highest BCUT2D eigenvalue weighted by Gasteiger charge is 2.35. The predicted molar refractivity (Wildman–Crippen MR) is 60.2 cm³/mol. The van der Waals surface area contributed by atoms with E-state index in [1.807, 2.05) is 13.8 Å². The maximum absolute atomic E-state index is 5.56. The van der Waals surface area contributed by atoms with Crippen molar-refractivity contribution in [2.45, 2.75) is 26.7 Å². The van der Waals surface area contributed by atoms with Crippen LogP contribution in [0.1, 0.15) is 26.7 Å². The molecule has 0 heterocycles. The van der Waals surface area contributed by atoms with Gasteiger partial charge in [-0.1, -0.05) is 12.2 Å². The van der Waals surface area contributed by atoms with E-state index in [0.717, 1.165) is 30.1 Å². The van der Waals surface area contributed by atoms with Crippen LogP contribution in [0.25, 0.3) is 0 Å². The standard InChI is InChI=1S/C13H20O2/c1-3-15-10(2)8-14-9-13-7-11-4-5-12(13)6-11/h4-5,8,11-13H,3,6-7,9H2,1-2H3/b10-8-. The van der Waals surface area contributed by atoms with Crippen molar-refractivity contribution in [1.29, 1.82) is 0 Å². The van der Waals surface area contributed by atoms with Crippen molar-refractivity contribution < 1.29 is 9.47 Å². The lowest BCUT2D eigenvalue weighted by atomic mass is 9.95. The first-order chi connectivity index (χ1) is 7.29. The summed E-state index contributed by atoms with van der Waals surface area (Å²) in [4.78, 5) is 0. The molecule has 0 aromatic rings. The molecule has 0 N–H and O–H groups in total. The fraction of sp³-hybridized carbons (Fsp3) is 0.692. The second-order valence-corrected chi connectivity index (χ2v) is 4.54. The molecule has 3 unspecified atom stereocenters. The van der Waals surface area contributed by atoms with E-state index in [-0.39, 0.29) is 0 Å². The average Bonchev–Trinajstić information content (AvgIpc) is 2.79. The molecule has 1 saturated carbocycles. The molecule has 2 nitrogen and oxygen atoms in total. The van der Waals surface area contributed by atoms with Gasteiger partial charge in [-0.15, -0.1) is 0 Å². The van der Waals surface area contributed by atoms with Gasteiger partial charge in [0.1, 0.15) is 12.0 Å². The normalized spacial score (nSPS) is 33.5. The number of hydrogen-bond acceptors (Lipinski definition) is 2. The molecule has 2 rings (SSSR count). The molecule has 84 valence electrons. The predicted octanol–water partition coefficient (Wildman–Crippen LogP) is 3.11. The minimum atomic E-state index is 0.711. The summed E-state index contributed by atoms with van der Waals surface area (Å²) in [5.74, 6) is 3.21. The quantitative estimate of drug-likeness (QED) is 0.510. The largest absolute Gasteiger partial charge is 0.497 e. The smallest absolute Gasteiger partial charge is 0.127 e. The summed E-state index contributed by atoms with van der Waals surface area (Å²) >= 11 is 0. The van der Waals surface area contributed by atoms with Crippen LogP contribution in [-0.2, 0) is 9.47 Å². The lowest BCUT2D eigenvalue weighted by Crippen LogP contribution is -2.12. The van der Waals surface area contributed by atoms with Gasteiger partial charge in [0.2, 0.25) is 0 Å². The van der Waals surface area contributed by atoms with Crippen LogP contribution in [0.3, 0.4) is 0 Å². The van der Waals surface area contributed by atoms with Crippen LogP contribution >= 0.6 is 0 Å². The summed E-state index contributed by atoms with van der Waals surface area (Å²) in [5, 5.41) is 0. The number of rotatable bonds is 5. The molecule has 1 fully saturated rings. The maximum atomic E-state index is 5.56. The van der Waals surface area contributed by atoms with Gasteiger partial charge in [-0.2, -0.15) is 0 Å². The lowest BCUT2D eigenvalue weighted by Gasteiger charge is -2.17. The molecule has 0 amide bonds. The van der Waals surface area contributed by atoms with Gasteiger partial charge >= 0.3 is 0 Å². The zero-order chi connectivity index (χ0) is 10.7. The monoisotopic (exact) mass is 208 g/mol. The van der Waals surface area contributed by atoms with Crippen molar-refractivity contribution in [3.05, 3.63) is 24.2 Å². The third kappa shape index (κ3) is 2.55. The van der Waals surface area contributed by atoms with Gasteiger partial charge in [-0.05, 0) is 44.4 Å². The highest BCUT2D eigenvalue weighted by atomic mass is 16.5. The van der Waals surface area contributed by atoms with Gasteiger partial charge in [-0.25, -0.2) is 0 Å². The third-order valence-corrected chi connectivity index (χ3v) is 3.35. The third-order valence-electron chi connectivity index (χ3n) is 3.35. The molecular weight excluding hydrogens is 188 g/mol. The Kier molecular flexibility index (Phi) is 3.34. The minimum Gasteiger partial charge on any atom is -0.497 e. The van der Waals surface area contributed by atoms with Crippen molar-refractivity contribution in [3.8, 4) is 0 Å². The van der Waals surface area contributed by atoms with Crippen LogP contribution in [0.15, 0.2) is 24.2 Å². The van der Waals surface area contributed by atoms with Crippen LogP contribution in [0.4, 0.5) is 0 Å². The first-order valence-corrected chi connectivity index (χ1v) is 5.89. The summed E-state index contributed by atoms with van der Waals surface area (Å²) in [5.41, 5.74) is 0. The maximum Gasteiger partial charge on any atom is 0.127 e. The molecule has 0 aromatic carbocycles. The van der Waals surface area contributed by atoms with Gasteiger partial charge in [0.25, 0.3) is 0 Å². The van der Waals surface area contributed by atoms with Gasteiger partial charge in [0, 0.05) is 0 Å². The van der Waals surface area contributed by atoms with Crippen molar-refractivity contribution in [1.82, 2.24) is 0 Å². The molecule has 2 heteroatoms. The van der Waals surface area contributed by atoms with E-state index in [4.69, 9.17) is 9.47 Å². The fourth-order valence-corrected chi connectivity index (χ4v) is 2.64. The number of hydrogen-bond donors (Lipinski definition) is 0. The number of ether oxygens (including phenoxy) is 2. The van der Waals surface area contributed by atoms with Crippen molar-refractivity contribution in [3.63, 3.8) is 0 Å². The fourth-order valence-electron chi connectivity index (χ4n) is 2.64. The second-order valence-electron chi connectivity index (χ2n) is 4.54. The topological polar surface area (TPSA) is 18.5 Å². The van der Waals surface area contributed by atoms with E-state index >= 15 is 0 Å². The Labute approximate surface area is 92.0 Å². The highest BCUT2D eigenvalue weighted by molar-refractivity contribution is 5.10. The number of fused-ring (bicyclic) bond motifs is 2. The summed E-state index contributed by atoms with van der Waals surface area (Å²) in [6.07, 6.45) is 9.13. The van der Waals surface area contributed by atoms with Crippen LogP contribution in [-0.4, -0.2) is 13.2 Å². The molecule has 0 spiro atoms. The van der Waals surface area contributed by atoms with Crippen molar-refractivity contribution >= 4 is 0 Å². The Balaban J connectivity index is 1.71. The molecular formula is C13H20O2. The number of allylic oxidation sites excluding steroid dienone is 3. The first kappa shape index (κ1) is 10.6. The molecule has 15 heavy (non-hydrogen) atoms. The van der Waals surface area contributed by atoms with E-state index in [0.29, 0.717) is 6.61 Å². The molecule has 0 aliphatic heterocycles. The van der Waals surface area contributed by atoms with Crippen LogP contribution in [0, 0.1) is 17.8 Å². The molecule has 3 atom stereocenters. The zero-order valence-corrected chi connectivity index (χ0v) is 9.61. The Bertz CT molecular complexity index is 268. The summed E-state index contributed by atoms with van der Waals surface area (Å²) in [6, 6.07) is 0. The van der Waals surface area contributed by atoms with Crippen LogP contribution in [0.2, 0.25) is 0 Å². The summed E-state index contributed by atoms with van der Waals surface area (Å²) in [6.45, 7) is 5.47. The van der Waals surface area contributed by atoms with Crippen molar-refractivity contribution in [2.24, 2.45) is 17.8 Å². The first-order valence-electron chi connectivity index (χ1n) is 5.89. The van der Waals surface area contributed by atoms with Gasteiger partial charge in [-0.3, -0.25) is 0 Å². The van der Waals surface area contributed by atoms with E-state index in [9.17, 15) is 0 Å². The Morgan fingerprint density at radius 3 is 2.87 bits per heavy atom. The highest BCUT2D eigenvalue weighted by Crippen LogP contribution is 2.43. The minimum absolute atomic E-state index is 0.711. The van der Waals surface area contributed by atoms with Crippen LogP contribution < -0.4 is 0 Å². The molecule has 0 aromatic heterocycles. The van der Waals surface area contributed by atoms with E-state index < -0.39 is 0 Å². The summed E-state index contributed by atoms with van der Waals surface area (Å²) < 4.78 is 10.9. The lowest BCUT2D eigenvalue weighted by molar-refractivity contribution is 0.152. The van der Waals surface area contributed by atoms with Crippen LogP contribution in [0.5, 0.6) is 0 Å². The molecule has 2 bridgehead atoms. The molecule has 2 aliphatic carbocycles. The Morgan fingerprint density at radius 2 is 2.27 bits per heavy atom. The summed E-state index contributed by atoms with van der Waals surface area (Å²) in [7, 11) is 0. The second kappa shape index (κ2) is 4.73. The Hall–Kier alpha value is -0.920. The van der Waals surface area contributed by atoms with E-state index in [2.05, 4.69) is 12.2 Å². The van der Waals surface area contributed by atoms with Crippen molar-refractivity contribution in [2.75, 3.05) is 13.2 Å². The van der Waals surface area contributed by atoms with E-state index in [1.54, 1.807) is 6.26 Å². The van der Waals surface area contributed by atoms with Gasteiger partial charge < -0.3 is 9.47 Å². The molecule has 0 radical (unpaired) electrons. The van der Waals surface area contributed by atoms with E-state index in [1.165, 1.54) is 12.8 Å².